The van der Waals surface area contributed by atoms with E-state index in [2.05, 4.69) is 20.2 Å². The van der Waals surface area contributed by atoms with Gasteiger partial charge in [-0.25, -0.2) is 4.98 Å². The molecule has 0 bridgehead atoms. The third-order valence-electron chi connectivity index (χ3n) is 4.90. The lowest BCUT2D eigenvalue weighted by atomic mass is 10.2. The maximum absolute atomic E-state index is 5.83. The molecule has 2 aromatic rings. The van der Waals surface area contributed by atoms with Gasteiger partial charge in [0.2, 0.25) is 0 Å². The maximum Gasteiger partial charge on any atom is 0.185 e. The van der Waals surface area contributed by atoms with E-state index in [1.165, 1.54) is 30.9 Å². The summed E-state index contributed by atoms with van der Waals surface area (Å²) in [5.74, 6) is 1.82. The molecule has 2 heterocycles. The molecule has 1 saturated heterocycles. The second-order valence-corrected chi connectivity index (χ2v) is 8.42. The van der Waals surface area contributed by atoms with Gasteiger partial charge in [-0.2, -0.15) is 0 Å². The molecule has 3 rings (SSSR count). The van der Waals surface area contributed by atoms with E-state index in [0.717, 1.165) is 50.7 Å². The third-order valence-corrected chi connectivity index (χ3v) is 5.73. The average molecular weight is 440 g/mol. The monoisotopic (exact) mass is 439 g/mol. The number of piperazine rings is 1. The molecule has 0 unspecified atom stereocenters. The molecule has 1 aliphatic rings. The van der Waals surface area contributed by atoms with Crippen LogP contribution < -0.4 is 14.4 Å². The van der Waals surface area contributed by atoms with Gasteiger partial charge in [-0.1, -0.05) is 12.8 Å². The van der Waals surface area contributed by atoms with Gasteiger partial charge in [0, 0.05) is 37.8 Å². The number of ether oxygens (including phenoxy) is 2. The number of anilines is 1. The van der Waals surface area contributed by atoms with Crippen molar-refractivity contribution in [2.45, 2.75) is 45.6 Å². The lowest BCUT2D eigenvalue weighted by molar-refractivity contribution is 0.241. The Morgan fingerprint density at radius 3 is 2.31 bits per heavy atom. The first-order valence-corrected chi connectivity index (χ1v) is 11.3. The van der Waals surface area contributed by atoms with Crippen molar-refractivity contribution in [1.29, 1.82) is 0 Å². The van der Waals surface area contributed by atoms with E-state index in [9.17, 15) is 0 Å². The SMILES string of the molecule is CC(C)Oc1ccc(OCCCCCCN2CCN(c3nccs3)CC2)cc1.Cl. The molecule has 0 N–H and O–H groups in total. The molecule has 0 aliphatic carbocycles. The van der Waals surface area contributed by atoms with E-state index in [-0.39, 0.29) is 18.5 Å². The summed E-state index contributed by atoms with van der Waals surface area (Å²) in [7, 11) is 0. The predicted octanol–water partition coefficient (Wildman–Crippen LogP) is 5.11. The Morgan fingerprint density at radius 1 is 0.966 bits per heavy atom. The average Bonchev–Trinajstić information content (AvgIpc) is 3.23. The third kappa shape index (κ3) is 8.41. The maximum atomic E-state index is 5.83. The molecule has 0 saturated carbocycles. The highest BCUT2D eigenvalue weighted by Crippen LogP contribution is 2.20. The summed E-state index contributed by atoms with van der Waals surface area (Å²) in [6.07, 6.45) is 6.99. The van der Waals surface area contributed by atoms with Crippen LogP contribution in [0.4, 0.5) is 5.13 Å². The van der Waals surface area contributed by atoms with Crippen LogP contribution in [0.1, 0.15) is 39.5 Å². The van der Waals surface area contributed by atoms with Crippen molar-refractivity contribution in [2.24, 2.45) is 0 Å². The van der Waals surface area contributed by atoms with Gasteiger partial charge in [0.1, 0.15) is 11.5 Å². The lowest BCUT2D eigenvalue weighted by Gasteiger charge is -2.34. The minimum absolute atomic E-state index is 0. The normalized spacial score (nSPS) is 14.7. The zero-order chi connectivity index (χ0) is 19.6. The minimum Gasteiger partial charge on any atom is -0.494 e. The first-order chi connectivity index (χ1) is 13.7. The van der Waals surface area contributed by atoms with Crippen LogP contribution in [-0.4, -0.2) is 55.3 Å². The molecule has 0 amide bonds. The van der Waals surface area contributed by atoms with E-state index in [1.807, 2.05) is 44.3 Å². The second-order valence-electron chi connectivity index (χ2n) is 7.54. The van der Waals surface area contributed by atoms with Crippen LogP contribution >= 0.6 is 23.7 Å². The largest absolute Gasteiger partial charge is 0.494 e. The van der Waals surface area contributed by atoms with E-state index in [4.69, 9.17) is 9.47 Å². The topological polar surface area (TPSA) is 37.8 Å². The fourth-order valence-corrected chi connectivity index (χ4v) is 4.10. The summed E-state index contributed by atoms with van der Waals surface area (Å²) in [6, 6.07) is 7.93. The number of aromatic nitrogens is 1. The molecule has 5 nitrogen and oxygen atoms in total. The first-order valence-electron chi connectivity index (χ1n) is 10.5. The van der Waals surface area contributed by atoms with E-state index >= 15 is 0 Å². The van der Waals surface area contributed by atoms with Gasteiger partial charge in [-0.05, 0) is 57.5 Å². The molecule has 1 aromatic heterocycles. The summed E-state index contributed by atoms with van der Waals surface area (Å²) in [5, 5.41) is 3.23. The van der Waals surface area contributed by atoms with Crippen LogP contribution in [0.15, 0.2) is 35.8 Å². The Balaban J connectivity index is 0.00000300. The molecule has 1 fully saturated rings. The number of benzene rings is 1. The van der Waals surface area contributed by atoms with Crippen LogP contribution in [0.5, 0.6) is 11.5 Å². The minimum atomic E-state index is 0. The fraction of sp³-hybridized carbons (Fsp3) is 0.591. The molecule has 29 heavy (non-hydrogen) atoms. The van der Waals surface area contributed by atoms with Crippen molar-refractivity contribution in [3.05, 3.63) is 35.8 Å². The van der Waals surface area contributed by atoms with Crippen molar-refractivity contribution in [3.8, 4) is 11.5 Å². The van der Waals surface area contributed by atoms with Gasteiger partial charge < -0.3 is 14.4 Å². The summed E-state index contributed by atoms with van der Waals surface area (Å²) in [5.41, 5.74) is 0. The van der Waals surface area contributed by atoms with Crippen molar-refractivity contribution in [2.75, 3.05) is 44.2 Å². The number of halogens is 1. The van der Waals surface area contributed by atoms with Gasteiger partial charge >= 0.3 is 0 Å². The van der Waals surface area contributed by atoms with Crippen molar-refractivity contribution in [3.63, 3.8) is 0 Å². The van der Waals surface area contributed by atoms with Crippen LogP contribution in [0.25, 0.3) is 0 Å². The van der Waals surface area contributed by atoms with E-state index in [1.54, 1.807) is 11.3 Å². The van der Waals surface area contributed by atoms with Crippen LogP contribution in [-0.2, 0) is 0 Å². The number of nitrogens with zero attached hydrogens (tertiary/aromatic N) is 3. The van der Waals surface area contributed by atoms with Gasteiger partial charge in [0.25, 0.3) is 0 Å². The molecule has 0 radical (unpaired) electrons. The lowest BCUT2D eigenvalue weighted by Crippen LogP contribution is -2.46. The number of thiazole rings is 1. The molecule has 0 spiro atoms. The highest BCUT2D eigenvalue weighted by atomic mass is 35.5. The fourth-order valence-electron chi connectivity index (χ4n) is 3.40. The highest BCUT2D eigenvalue weighted by molar-refractivity contribution is 7.13. The van der Waals surface area contributed by atoms with Gasteiger partial charge in [-0.15, -0.1) is 23.7 Å². The molecule has 162 valence electrons. The Morgan fingerprint density at radius 2 is 1.66 bits per heavy atom. The predicted molar refractivity (Wildman–Crippen MR) is 124 cm³/mol. The zero-order valence-electron chi connectivity index (χ0n) is 17.6. The molecular weight excluding hydrogens is 406 g/mol. The quantitative estimate of drug-likeness (QED) is 0.454. The molecule has 1 aromatic carbocycles. The van der Waals surface area contributed by atoms with Gasteiger partial charge in [0.15, 0.2) is 5.13 Å². The summed E-state index contributed by atoms with van der Waals surface area (Å²) in [4.78, 5) is 9.40. The highest BCUT2D eigenvalue weighted by Gasteiger charge is 2.17. The zero-order valence-corrected chi connectivity index (χ0v) is 19.2. The van der Waals surface area contributed by atoms with Crippen LogP contribution in [0.2, 0.25) is 0 Å². The summed E-state index contributed by atoms with van der Waals surface area (Å²) in [6.45, 7) is 10.6. The van der Waals surface area contributed by atoms with Gasteiger partial charge in [0.05, 0.1) is 12.7 Å². The molecule has 7 heteroatoms. The van der Waals surface area contributed by atoms with E-state index < -0.39 is 0 Å². The van der Waals surface area contributed by atoms with E-state index in [0.29, 0.717) is 0 Å². The number of hydrogen-bond donors (Lipinski definition) is 0. The second kappa shape index (κ2) is 12.9. The van der Waals surface area contributed by atoms with Crippen molar-refractivity contribution in [1.82, 2.24) is 9.88 Å². The molecule has 1 aliphatic heterocycles. The smallest absolute Gasteiger partial charge is 0.185 e. The summed E-state index contributed by atoms with van der Waals surface area (Å²) < 4.78 is 11.5. The Kier molecular flexibility index (Phi) is 10.6. The van der Waals surface area contributed by atoms with Crippen LogP contribution in [0.3, 0.4) is 0 Å². The number of unbranched alkanes of at least 4 members (excludes halogenated alkanes) is 3. The summed E-state index contributed by atoms with van der Waals surface area (Å²) >= 11 is 1.74. The van der Waals surface area contributed by atoms with Gasteiger partial charge in [-0.3, -0.25) is 4.90 Å². The van der Waals surface area contributed by atoms with Crippen molar-refractivity contribution >= 4 is 28.9 Å². The molecule has 0 atom stereocenters. The Bertz CT molecular complexity index is 659. The first kappa shape index (κ1) is 23.8. The molecular formula is C22H34ClN3O2S. The standard InChI is InChI=1S/C22H33N3O2S.ClH/c1-19(2)27-21-9-7-20(8-10-21)26-17-6-4-3-5-12-24-13-15-25(16-14-24)22-23-11-18-28-22;/h7-11,18-19H,3-6,12-17H2,1-2H3;1H. The van der Waals surface area contributed by atoms with Crippen LogP contribution in [0, 0.1) is 0 Å². The van der Waals surface area contributed by atoms with Crippen molar-refractivity contribution < 1.29 is 9.47 Å². The number of rotatable bonds is 11. The Labute approximate surface area is 185 Å². The number of hydrogen-bond acceptors (Lipinski definition) is 6. The Hall–Kier alpha value is -1.50.